The van der Waals surface area contributed by atoms with Crippen molar-refractivity contribution < 1.29 is 98.1 Å². The van der Waals surface area contributed by atoms with Gasteiger partial charge in [0.05, 0.1) is 13.2 Å². The normalized spacial score (nSPS) is 15.7. The number of carbonyl (C=O) groups is 2. The van der Waals surface area contributed by atoms with Crippen molar-refractivity contribution in [2.45, 2.75) is 83.7 Å². The minimum Gasteiger partial charge on any atom is -0.465 e. The summed E-state index contributed by atoms with van der Waals surface area (Å²) >= 11 is 1.10. The molecule has 0 aliphatic heterocycles. The Morgan fingerprint density at radius 3 is 0.938 bits per heavy atom. The van der Waals surface area contributed by atoms with Crippen LogP contribution in [0.1, 0.15) is 26.7 Å². The Labute approximate surface area is 276 Å². The second-order valence-electron chi connectivity index (χ2n) is 8.85. The van der Waals surface area contributed by atoms with E-state index in [1.54, 1.807) is 0 Å². The lowest BCUT2D eigenvalue weighted by Crippen LogP contribution is -2.60. The van der Waals surface area contributed by atoms with Crippen molar-refractivity contribution in [3.63, 3.8) is 0 Å². The Balaban J connectivity index is 5.47. The number of halogens is 18. The van der Waals surface area contributed by atoms with Crippen LogP contribution in [0.3, 0.4) is 0 Å². The highest BCUT2D eigenvalue weighted by atomic mass is 32.2. The molecule has 4 nitrogen and oxygen atoms in total. The number of hydrogen-bond acceptors (Lipinski definition) is 8. The molecule has 0 saturated carbocycles. The van der Waals surface area contributed by atoms with E-state index in [0.29, 0.717) is 23.5 Å². The zero-order chi connectivity index (χ0) is 38.2. The lowest BCUT2D eigenvalue weighted by Gasteiger charge is -2.33. The average molecular weight is 823 g/mol. The molecule has 0 aromatic heterocycles. The van der Waals surface area contributed by atoms with E-state index < -0.39 is 93.3 Å². The molecule has 0 radical (unpaired) electrons. The number of hydrogen-bond donors (Lipinski definition) is 0. The molecule has 2 unspecified atom stereocenters. The molecule has 48 heavy (non-hydrogen) atoms. The molecular formula is C22H24F18O4S4. The van der Waals surface area contributed by atoms with Gasteiger partial charge in [0.15, 0.2) is 0 Å². The Hall–Kier alpha value is -0.920. The van der Waals surface area contributed by atoms with Gasteiger partial charge >= 0.3 is 59.8 Å². The topological polar surface area (TPSA) is 52.6 Å². The van der Waals surface area contributed by atoms with Gasteiger partial charge in [-0.25, -0.2) is 9.59 Å². The van der Waals surface area contributed by atoms with Gasteiger partial charge in [0.25, 0.3) is 0 Å². The minimum absolute atomic E-state index is 0.0736. The van der Waals surface area contributed by atoms with Gasteiger partial charge in [-0.1, -0.05) is 0 Å². The summed E-state index contributed by atoms with van der Waals surface area (Å²) in [5, 5.41) is 0. The van der Waals surface area contributed by atoms with E-state index >= 15 is 0 Å². The van der Waals surface area contributed by atoms with E-state index in [4.69, 9.17) is 0 Å². The van der Waals surface area contributed by atoms with Crippen molar-refractivity contribution in [3.05, 3.63) is 0 Å². The molecule has 286 valence electrons. The second-order valence-corrected chi connectivity index (χ2v) is 14.3. The third-order valence-electron chi connectivity index (χ3n) is 5.37. The number of alkyl halides is 18. The SMILES string of the molecule is CCOC(=O)C(SCCSC(SCCC(F)(F)C(F)(F)C(F)(F)C(F)(F)F)C(=O)OCC)SCCC(F)(F)C(F)(F)C(F)(F)C(F)(F)F. The molecule has 0 bridgehead atoms. The average Bonchev–Trinajstić information content (AvgIpc) is 2.91. The first-order valence-corrected chi connectivity index (χ1v) is 16.8. The third-order valence-corrected chi connectivity index (χ3v) is 11.0. The lowest BCUT2D eigenvalue weighted by atomic mass is 10.0. The molecule has 0 amide bonds. The predicted octanol–water partition coefficient (Wildman–Crippen LogP) is 9.41. The quantitative estimate of drug-likeness (QED) is 0.0492. The summed E-state index contributed by atoms with van der Waals surface area (Å²) < 4.78 is 241. The Bertz CT molecular complexity index is 959. The molecule has 0 aromatic rings. The van der Waals surface area contributed by atoms with E-state index in [1.807, 2.05) is 0 Å². The highest BCUT2D eigenvalue weighted by Crippen LogP contribution is 2.55. The van der Waals surface area contributed by atoms with E-state index in [-0.39, 0.29) is 48.2 Å². The number of thioether (sulfide) groups is 4. The molecule has 2 atom stereocenters. The smallest absolute Gasteiger partial charge is 0.460 e. The minimum atomic E-state index is -7.13. The third kappa shape index (κ3) is 11.3. The zero-order valence-electron chi connectivity index (χ0n) is 23.9. The van der Waals surface area contributed by atoms with Gasteiger partial charge < -0.3 is 9.47 Å². The van der Waals surface area contributed by atoms with Gasteiger partial charge in [-0.3, -0.25) is 0 Å². The fraction of sp³-hybridized carbons (Fsp3) is 0.909. The van der Waals surface area contributed by atoms with Gasteiger partial charge in [-0.05, 0) is 13.8 Å². The molecule has 26 heteroatoms. The predicted molar refractivity (Wildman–Crippen MR) is 142 cm³/mol. The van der Waals surface area contributed by atoms with Crippen LogP contribution >= 0.6 is 47.0 Å². The van der Waals surface area contributed by atoms with E-state index in [0.717, 1.165) is 0 Å². The summed E-state index contributed by atoms with van der Waals surface area (Å²) in [7, 11) is 0. The standard InChI is InChI=1S/C22H24F18O4S4/c1-3-43-11(41)13(45-7-5-15(23,24)17(27,28)19(31,32)21(35,36)37)47-9-10-48-14(12(42)44-4-2)46-8-6-16(25,26)18(29,30)20(33,34)22(38,39)40/h13-14H,3-10H2,1-2H3. The highest BCUT2D eigenvalue weighted by molar-refractivity contribution is 8.20. The molecule has 0 aromatic carbocycles. The largest absolute Gasteiger partial charge is 0.465 e. The van der Waals surface area contributed by atoms with Crippen molar-refractivity contribution in [1.29, 1.82) is 0 Å². The molecule has 0 rings (SSSR count). The molecule has 0 aliphatic carbocycles. The maximum atomic E-state index is 13.8. The van der Waals surface area contributed by atoms with Crippen LogP contribution in [-0.2, 0) is 19.1 Å². The molecule has 0 N–H and O–H groups in total. The second kappa shape index (κ2) is 17.5. The first-order valence-electron chi connectivity index (χ1n) is 12.6. The van der Waals surface area contributed by atoms with Crippen molar-refractivity contribution in [1.82, 2.24) is 0 Å². The van der Waals surface area contributed by atoms with Crippen LogP contribution < -0.4 is 0 Å². The van der Waals surface area contributed by atoms with Gasteiger partial charge in [0.1, 0.15) is 9.16 Å². The van der Waals surface area contributed by atoms with Crippen LogP contribution in [0, 0.1) is 0 Å². The molecule has 0 aliphatic rings. The molecule has 0 heterocycles. The Morgan fingerprint density at radius 2 is 0.708 bits per heavy atom. The van der Waals surface area contributed by atoms with Gasteiger partial charge in [0.2, 0.25) is 0 Å². The van der Waals surface area contributed by atoms with Crippen LogP contribution in [-0.4, -0.2) is 105 Å². The maximum Gasteiger partial charge on any atom is 0.460 e. The van der Waals surface area contributed by atoms with Crippen LogP contribution in [0.25, 0.3) is 0 Å². The van der Waals surface area contributed by atoms with Crippen LogP contribution in [0.4, 0.5) is 79.0 Å². The zero-order valence-corrected chi connectivity index (χ0v) is 27.1. The first kappa shape index (κ1) is 47.1. The van der Waals surface area contributed by atoms with E-state index in [2.05, 4.69) is 9.47 Å². The monoisotopic (exact) mass is 822 g/mol. The summed E-state index contributed by atoms with van der Waals surface area (Å²) in [4.78, 5) is 24.3. The van der Waals surface area contributed by atoms with Crippen LogP contribution in [0.2, 0.25) is 0 Å². The molecular weight excluding hydrogens is 798 g/mol. The number of carbonyl (C=O) groups excluding carboxylic acids is 2. The molecule has 0 saturated heterocycles. The lowest BCUT2D eigenvalue weighted by molar-refractivity contribution is -0.396. The summed E-state index contributed by atoms with van der Waals surface area (Å²) in [5.74, 6) is -45.5. The van der Waals surface area contributed by atoms with E-state index in [9.17, 15) is 88.6 Å². The van der Waals surface area contributed by atoms with E-state index in [1.165, 1.54) is 13.8 Å². The highest BCUT2D eigenvalue weighted by Gasteiger charge is 2.82. The van der Waals surface area contributed by atoms with Crippen molar-refractivity contribution in [3.8, 4) is 0 Å². The van der Waals surface area contributed by atoms with Gasteiger partial charge in [-0.15, -0.1) is 47.0 Å². The number of esters is 2. The van der Waals surface area contributed by atoms with Crippen LogP contribution in [0.15, 0.2) is 0 Å². The van der Waals surface area contributed by atoms with Crippen molar-refractivity contribution in [2.24, 2.45) is 0 Å². The maximum absolute atomic E-state index is 13.8. The van der Waals surface area contributed by atoms with Crippen LogP contribution in [0.5, 0.6) is 0 Å². The Morgan fingerprint density at radius 1 is 0.458 bits per heavy atom. The van der Waals surface area contributed by atoms with Gasteiger partial charge in [-0.2, -0.15) is 79.0 Å². The first-order chi connectivity index (χ1) is 21.4. The Kier molecular flexibility index (Phi) is 17.2. The summed E-state index contributed by atoms with van der Waals surface area (Å²) in [6.45, 7) is 1.85. The number of ether oxygens (including phenoxy) is 2. The summed E-state index contributed by atoms with van der Waals surface area (Å²) in [6.07, 6.45) is -18.6. The fourth-order valence-corrected chi connectivity index (χ4v) is 7.93. The van der Waals surface area contributed by atoms with Gasteiger partial charge in [0, 0.05) is 35.9 Å². The molecule has 0 spiro atoms. The summed E-state index contributed by atoms with van der Waals surface area (Å²) in [5.41, 5.74) is 0. The van der Waals surface area contributed by atoms with Crippen molar-refractivity contribution >= 4 is 59.0 Å². The molecule has 0 fully saturated rings. The summed E-state index contributed by atoms with van der Waals surface area (Å²) in [6, 6.07) is 0. The fourth-order valence-electron chi connectivity index (χ4n) is 2.82. The van der Waals surface area contributed by atoms with Crippen molar-refractivity contribution in [2.75, 3.05) is 36.2 Å². The number of rotatable bonds is 21.